The predicted molar refractivity (Wildman–Crippen MR) is 108 cm³/mol. The molecule has 1 fully saturated rings. The third kappa shape index (κ3) is 5.25. The van der Waals surface area contributed by atoms with Crippen molar-refractivity contribution in [2.24, 2.45) is 0 Å². The summed E-state index contributed by atoms with van der Waals surface area (Å²) in [6.07, 6.45) is 0.217. The number of ether oxygens (including phenoxy) is 2. The van der Waals surface area contributed by atoms with E-state index in [1.165, 1.54) is 23.6 Å². The summed E-state index contributed by atoms with van der Waals surface area (Å²) in [4.78, 5) is 24.9. The Morgan fingerprint density at radius 2 is 1.93 bits per heavy atom. The van der Waals surface area contributed by atoms with Gasteiger partial charge in [-0.05, 0) is 61.2 Å². The van der Waals surface area contributed by atoms with Crippen molar-refractivity contribution in [1.29, 1.82) is 0 Å². The Balaban J connectivity index is 1.46. The zero-order valence-electron chi connectivity index (χ0n) is 16.5. The SMILES string of the molecule is CC(=O)Nc1ccc(OCC2CN(CCc3ccc(C)c(C)c3)C(=O)O2)cc1. The van der Waals surface area contributed by atoms with Gasteiger partial charge in [-0.1, -0.05) is 18.2 Å². The van der Waals surface area contributed by atoms with E-state index in [0.29, 0.717) is 31.1 Å². The van der Waals surface area contributed by atoms with Crippen molar-refractivity contribution in [2.75, 3.05) is 25.0 Å². The summed E-state index contributed by atoms with van der Waals surface area (Å²) in [5.41, 5.74) is 4.46. The van der Waals surface area contributed by atoms with Crippen molar-refractivity contribution >= 4 is 17.7 Å². The molecular weight excluding hydrogens is 356 g/mol. The minimum atomic E-state index is -0.293. The molecule has 2 amide bonds. The number of cyclic esters (lactones) is 1. The smallest absolute Gasteiger partial charge is 0.410 e. The third-order valence-electron chi connectivity index (χ3n) is 4.80. The fourth-order valence-corrected chi connectivity index (χ4v) is 3.09. The maximum atomic E-state index is 12.1. The van der Waals surface area contributed by atoms with Crippen molar-refractivity contribution in [3.8, 4) is 5.75 Å². The number of amides is 2. The van der Waals surface area contributed by atoms with E-state index in [1.807, 2.05) is 0 Å². The molecular formula is C22H26N2O4. The molecule has 1 heterocycles. The number of carbonyl (C=O) groups is 2. The van der Waals surface area contributed by atoms with E-state index in [4.69, 9.17) is 9.47 Å². The van der Waals surface area contributed by atoms with E-state index in [9.17, 15) is 9.59 Å². The molecule has 0 bridgehead atoms. The molecule has 0 saturated carbocycles. The molecule has 2 aromatic rings. The second-order valence-corrected chi connectivity index (χ2v) is 7.14. The van der Waals surface area contributed by atoms with Gasteiger partial charge in [0, 0.05) is 19.2 Å². The van der Waals surface area contributed by atoms with Crippen LogP contribution in [-0.2, 0) is 16.0 Å². The Morgan fingerprint density at radius 3 is 2.61 bits per heavy atom. The molecule has 28 heavy (non-hydrogen) atoms. The van der Waals surface area contributed by atoms with Crippen LogP contribution in [0.5, 0.6) is 5.75 Å². The highest BCUT2D eigenvalue weighted by Crippen LogP contribution is 2.18. The van der Waals surface area contributed by atoms with E-state index in [1.54, 1.807) is 29.2 Å². The molecule has 3 rings (SSSR count). The van der Waals surface area contributed by atoms with Crippen molar-refractivity contribution in [3.63, 3.8) is 0 Å². The number of carbonyl (C=O) groups excluding carboxylic acids is 2. The summed E-state index contributed by atoms with van der Waals surface area (Å²) in [5, 5.41) is 2.70. The van der Waals surface area contributed by atoms with Crippen LogP contribution >= 0.6 is 0 Å². The Bertz CT molecular complexity index is 848. The van der Waals surface area contributed by atoms with Gasteiger partial charge in [-0.15, -0.1) is 0 Å². The number of rotatable bonds is 7. The Kier molecular flexibility index (Phi) is 6.19. The van der Waals surface area contributed by atoms with Crippen LogP contribution < -0.4 is 10.1 Å². The van der Waals surface area contributed by atoms with Crippen molar-refractivity contribution < 1.29 is 19.1 Å². The lowest BCUT2D eigenvalue weighted by molar-refractivity contribution is -0.114. The zero-order valence-corrected chi connectivity index (χ0v) is 16.5. The number of aryl methyl sites for hydroxylation is 2. The second kappa shape index (κ2) is 8.78. The topological polar surface area (TPSA) is 67.9 Å². The van der Waals surface area contributed by atoms with E-state index in [-0.39, 0.29) is 18.1 Å². The summed E-state index contributed by atoms with van der Waals surface area (Å²) >= 11 is 0. The molecule has 0 aromatic heterocycles. The van der Waals surface area contributed by atoms with Gasteiger partial charge in [-0.3, -0.25) is 4.79 Å². The minimum Gasteiger partial charge on any atom is -0.490 e. The first kappa shape index (κ1) is 19.7. The average Bonchev–Trinajstić information content (AvgIpc) is 3.01. The Morgan fingerprint density at radius 1 is 1.18 bits per heavy atom. The molecule has 0 radical (unpaired) electrons. The minimum absolute atomic E-state index is 0.118. The van der Waals surface area contributed by atoms with Crippen LogP contribution in [-0.4, -0.2) is 42.7 Å². The van der Waals surface area contributed by atoms with E-state index in [2.05, 4.69) is 37.4 Å². The molecule has 6 nitrogen and oxygen atoms in total. The normalized spacial score (nSPS) is 16.0. The van der Waals surface area contributed by atoms with Crippen molar-refractivity contribution in [2.45, 2.75) is 33.3 Å². The molecule has 1 saturated heterocycles. The summed E-state index contributed by atoms with van der Waals surface area (Å²) in [6, 6.07) is 13.5. The molecule has 0 aliphatic carbocycles. The molecule has 6 heteroatoms. The van der Waals surface area contributed by atoms with Crippen LogP contribution in [0, 0.1) is 13.8 Å². The van der Waals surface area contributed by atoms with Gasteiger partial charge in [0.25, 0.3) is 0 Å². The van der Waals surface area contributed by atoms with Crippen LogP contribution in [0.15, 0.2) is 42.5 Å². The number of nitrogens with zero attached hydrogens (tertiary/aromatic N) is 1. The van der Waals surface area contributed by atoms with Crippen LogP contribution in [0.2, 0.25) is 0 Å². The van der Waals surface area contributed by atoms with Gasteiger partial charge in [-0.2, -0.15) is 0 Å². The number of hydrogen-bond acceptors (Lipinski definition) is 4. The lowest BCUT2D eigenvalue weighted by atomic mass is 10.0. The fourth-order valence-electron chi connectivity index (χ4n) is 3.09. The zero-order chi connectivity index (χ0) is 20.1. The molecule has 148 valence electrons. The second-order valence-electron chi connectivity index (χ2n) is 7.14. The molecule has 0 spiro atoms. The highest BCUT2D eigenvalue weighted by Gasteiger charge is 2.31. The Hall–Kier alpha value is -3.02. The van der Waals surface area contributed by atoms with Gasteiger partial charge < -0.3 is 19.7 Å². The van der Waals surface area contributed by atoms with Crippen LogP contribution in [0.25, 0.3) is 0 Å². The van der Waals surface area contributed by atoms with Gasteiger partial charge in [0.15, 0.2) is 6.10 Å². The van der Waals surface area contributed by atoms with Gasteiger partial charge in [-0.25, -0.2) is 4.79 Å². The first-order chi connectivity index (χ1) is 13.4. The van der Waals surface area contributed by atoms with Crippen molar-refractivity contribution in [3.05, 3.63) is 59.2 Å². The number of benzene rings is 2. The molecule has 1 aliphatic heterocycles. The third-order valence-corrected chi connectivity index (χ3v) is 4.80. The Labute approximate surface area is 165 Å². The first-order valence-electron chi connectivity index (χ1n) is 9.43. The van der Waals surface area contributed by atoms with Gasteiger partial charge in [0.2, 0.25) is 5.91 Å². The molecule has 1 atom stereocenters. The maximum Gasteiger partial charge on any atom is 0.410 e. The fraction of sp³-hybridized carbons (Fsp3) is 0.364. The maximum absolute atomic E-state index is 12.1. The van der Waals surface area contributed by atoms with Crippen LogP contribution in [0.1, 0.15) is 23.6 Å². The van der Waals surface area contributed by atoms with Gasteiger partial charge >= 0.3 is 6.09 Å². The summed E-state index contributed by atoms with van der Waals surface area (Å²) in [5.74, 6) is 0.547. The van der Waals surface area contributed by atoms with Gasteiger partial charge in [0.05, 0.1) is 6.54 Å². The average molecular weight is 382 g/mol. The summed E-state index contributed by atoms with van der Waals surface area (Å²) < 4.78 is 11.1. The molecule has 2 aromatic carbocycles. The lowest BCUT2D eigenvalue weighted by Crippen LogP contribution is -2.28. The van der Waals surface area contributed by atoms with Gasteiger partial charge in [0.1, 0.15) is 12.4 Å². The van der Waals surface area contributed by atoms with Crippen LogP contribution in [0.3, 0.4) is 0 Å². The van der Waals surface area contributed by atoms with E-state index >= 15 is 0 Å². The first-order valence-corrected chi connectivity index (χ1v) is 9.43. The largest absolute Gasteiger partial charge is 0.490 e. The van der Waals surface area contributed by atoms with E-state index < -0.39 is 0 Å². The number of hydrogen-bond donors (Lipinski definition) is 1. The standard InChI is InChI=1S/C22H26N2O4/c1-15-4-5-18(12-16(15)2)10-11-24-13-21(28-22(24)26)14-27-20-8-6-19(7-9-20)23-17(3)25/h4-9,12,21H,10-11,13-14H2,1-3H3,(H,23,25). The molecule has 1 unspecified atom stereocenters. The molecule has 1 aliphatic rings. The summed E-state index contributed by atoms with van der Waals surface area (Å²) in [6.45, 7) is 7.10. The lowest BCUT2D eigenvalue weighted by Gasteiger charge is -2.14. The predicted octanol–water partition coefficient (Wildman–Crippen LogP) is 3.70. The van der Waals surface area contributed by atoms with E-state index in [0.717, 1.165) is 6.42 Å². The highest BCUT2D eigenvalue weighted by molar-refractivity contribution is 5.88. The molecule has 1 N–H and O–H groups in total. The number of nitrogens with one attached hydrogen (secondary N) is 1. The monoisotopic (exact) mass is 382 g/mol. The number of anilines is 1. The summed E-state index contributed by atoms with van der Waals surface area (Å²) in [7, 11) is 0. The highest BCUT2D eigenvalue weighted by atomic mass is 16.6. The van der Waals surface area contributed by atoms with Crippen LogP contribution in [0.4, 0.5) is 10.5 Å². The quantitative estimate of drug-likeness (QED) is 0.793. The van der Waals surface area contributed by atoms with Crippen molar-refractivity contribution in [1.82, 2.24) is 4.90 Å².